The molecule has 0 spiro atoms. The van der Waals surface area contributed by atoms with Crippen molar-refractivity contribution in [2.45, 2.75) is 52.0 Å². The molecular formula is C31H31Cl2N3O5. The van der Waals surface area contributed by atoms with Gasteiger partial charge in [0.25, 0.3) is 0 Å². The minimum absolute atomic E-state index is 0.129. The third-order valence-corrected chi connectivity index (χ3v) is 6.52. The van der Waals surface area contributed by atoms with Crippen molar-refractivity contribution in [3.63, 3.8) is 0 Å². The molecule has 1 aliphatic rings. The van der Waals surface area contributed by atoms with Crippen LogP contribution in [0.15, 0.2) is 72.8 Å². The zero-order chi connectivity index (χ0) is 29.6. The maximum absolute atomic E-state index is 13.0. The molecule has 1 heterocycles. The zero-order valence-electron chi connectivity index (χ0n) is 22.9. The molecule has 10 heteroatoms. The number of hydrogen-bond donors (Lipinski definition) is 3. The van der Waals surface area contributed by atoms with E-state index in [-0.39, 0.29) is 19.6 Å². The van der Waals surface area contributed by atoms with Crippen LogP contribution in [0.3, 0.4) is 0 Å². The lowest BCUT2D eigenvalue weighted by Crippen LogP contribution is -2.35. The number of carbonyl (C=O) groups is 3. The Morgan fingerprint density at radius 3 is 2.39 bits per heavy atom. The quantitative estimate of drug-likeness (QED) is 0.201. The summed E-state index contributed by atoms with van der Waals surface area (Å²) in [7, 11) is 0. The van der Waals surface area contributed by atoms with Gasteiger partial charge in [-0.1, -0.05) is 65.7 Å². The third kappa shape index (κ3) is 8.74. The summed E-state index contributed by atoms with van der Waals surface area (Å²) >= 11 is 12.7. The van der Waals surface area contributed by atoms with Gasteiger partial charge in [0.05, 0.1) is 5.02 Å². The molecule has 3 aromatic carbocycles. The first-order chi connectivity index (χ1) is 19.5. The number of amides is 2. The molecule has 41 heavy (non-hydrogen) atoms. The van der Waals surface area contributed by atoms with Gasteiger partial charge in [0.2, 0.25) is 5.91 Å². The fourth-order valence-corrected chi connectivity index (χ4v) is 4.82. The van der Waals surface area contributed by atoms with Crippen molar-refractivity contribution < 1.29 is 23.9 Å². The van der Waals surface area contributed by atoms with Gasteiger partial charge < -0.3 is 25.4 Å². The predicted octanol–water partition coefficient (Wildman–Crippen LogP) is 6.97. The van der Waals surface area contributed by atoms with Crippen LogP contribution in [0.25, 0.3) is 5.57 Å². The Bertz CT molecular complexity index is 1450. The second-order valence-corrected chi connectivity index (χ2v) is 11.4. The van der Waals surface area contributed by atoms with Crippen molar-refractivity contribution in [3.8, 4) is 0 Å². The second kappa shape index (κ2) is 13.1. The van der Waals surface area contributed by atoms with Crippen LogP contribution < -0.4 is 16.0 Å². The van der Waals surface area contributed by atoms with Gasteiger partial charge in [-0.2, -0.15) is 0 Å². The molecule has 4 rings (SSSR count). The molecule has 214 valence electrons. The summed E-state index contributed by atoms with van der Waals surface area (Å²) in [5.41, 5.74) is 3.38. The van der Waals surface area contributed by atoms with Crippen molar-refractivity contribution in [1.82, 2.24) is 5.32 Å². The first-order valence-corrected chi connectivity index (χ1v) is 13.8. The number of ether oxygens (including phenoxy) is 2. The number of nitrogens with one attached hydrogen (secondary N) is 3. The lowest BCUT2D eigenvalue weighted by atomic mass is 9.91. The van der Waals surface area contributed by atoms with E-state index in [2.05, 4.69) is 16.0 Å². The molecule has 3 aromatic rings. The Morgan fingerprint density at radius 2 is 1.71 bits per heavy atom. The lowest BCUT2D eigenvalue weighted by Gasteiger charge is -2.28. The van der Waals surface area contributed by atoms with Gasteiger partial charge >= 0.3 is 12.1 Å². The van der Waals surface area contributed by atoms with Crippen LogP contribution >= 0.6 is 23.2 Å². The number of hydrogen-bond acceptors (Lipinski definition) is 6. The normalized spacial score (nSPS) is 15.3. The molecule has 0 radical (unpaired) electrons. The number of fused-ring (bicyclic) bond motifs is 1. The molecule has 3 N–H and O–H groups in total. The molecule has 1 unspecified atom stereocenters. The van der Waals surface area contributed by atoms with Gasteiger partial charge in [-0.3, -0.25) is 4.79 Å². The van der Waals surface area contributed by atoms with Crippen LogP contribution in [0, 0.1) is 0 Å². The molecule has 0 saturated carbocycles. The fraction of sp³-hybridized carbons (Fsp3) is 0.258. The van der Waals surface area contributed by atoms with Gasteiger partial charge in [-0.05, 0) is 61.7 Å². The summed E-state index contributed by atoms with van der Waals surface area (Å²) in [6.45, 7) is 5.79. The van der Waals surface area contributed by atoms with Gasteiger partial charge in [0.15, 0.2) is 0 Å². The van der Waals surface area contributed by atoms with Crippen LogP contribution in [0.4, 0.5) is 16.2 Å². The van der Waals surface area contributed by atoms with Crippen molar-refractivity contribution in [2.24, 2.45) is 0 Å². The Labute approximate surface area is 249 Å². The molecule has 8 nitrogen and oxygen atoms in total. The highest BCUT2D eigenvalue weighted by Gasteiger charge is 2.30. The molecule has 0 saturated heterocycles. The van der Waals surface area contributed by atoms with E-state index >= 15 is 0 Å². The summed E-state index contributed by atoms with van der Waals surface area (Å²) in [5.74, 6) is -0.854. The average molecular weight is 597 g/mol. The van der Waals surface area contributed by atoms with Crippen LogP contribution in [-0.4, -0.2) is 29.6 Å². The summed E-state index contributed by atoms with van der Waals surface area (Å²) in [5, 5.41) is 9.43. The van der Waals surface area contributed by atoms with Crippen LogP contribution in [-0.2, 0) is 32.2 Å². The minimum atomic E-state index is -0.739. The highest BCUT2D eigenvalue weighted by atomic mass is 35.5. The van der Waals surface area contributed by atoms with E-state index in [4.69, 9.17) is 32.7 Å². The Kier molecular flexibility index (Phi) is 9.57. The molecule has 0 fully saturated rings. The zero-order valence-corrected chi connectivity index (χ0v) is 24.4. The molecular weight excluding hydrogens is 565 g/mol. The maximum atomic E-state index is 13.0. The molecule has 0 bridgehead atoms. The Hall–Kier alpha value is -4.01. The SMILES string of the molecule is CC(C)(C)OC(=O)NCc1ccc(NC(=O)C=C2CC(C(=O)OCc3ccccc3)Nc3cc(Cl)cc(Cl)c32)cc1. The number of rotatable bonds is 7. The maximum Gasteiger partial charge on any atom is 0.407 e. The van der Waals surface area contributed by atoms with E-state index < -0.39 is 29.6 Å². The van der Waals surface area contributed by atoms with Crippen LogP contribution in [0.5, 0.6) is 0 Å². The number of anilines is 2. The molecule has 0 aliphatic carbocycles. The van der Waals surface area contributed by atoms with E-state index in [0.29, 0.717) is 32.6 Å². The third-order valence-electron chi connectivity index (χ3n) is 6.00. The monoisotopic (exact) mass is 595 g/mol. The van der Waals surface area contributed by atoms with Crippen molar-refractivity contribution in [3.05, 3.63) is 99.5 Å². The van der Waals surface area contributed by atoms with Crippen molar-refractivity contribution in [1.29, 1.82) is 0 Å². The minimum Gasteiger partial charge on any atom is -0.459 e. The van der Waals surface area contributed by atoms with Gasteiger partial charge in [-0.25, -0.2) is 9.59 Å². The van der Waals surface area contributed by atoms with Crippen molar-refractivity contribution >= 4 is 58.1 Å². The van der Waals surface area contributed by atoms with Gasteiger partial charge in [0.1, 0.15) is 18.2 Å². The lowest BCUT2D eigenvalue weighted by molar-refractivity contribution is -0.145. The first kappa shape index (κ1) is 30.0. The number of benzene rings is 3. The van der Waals surface area contributed by atoms with E-state index in [0.717, 1.165) is 11.1 Å². The topological polar surface area (TPSA) is 106 Å². The van der Waals surface area contributed by atoms with E-state index in [9.17, 15) is 14.4 Å². The van der Waals surface area contributed by atoms with E-state index in [1.165, 1.54) is 6.08 Å². The highest BCUT2D eigenvalue weighted by Crippen LogP contribution is 2.40. The number of halogens is 2. The van der Waals surface area contributed by atoms with Crippen molar-refractivity contribution in [2.75, 3.05) is 10.6 Å². The molecule has 1 aliphatic heterocycles. The summed E-state index contributed by atoms with van der Waals surface area (Å²) in [6.07, 6.45) is 1.10. The first-order valence-electron chi connectivity index (χ1n) is 13.0. The summed E-state index contributed by atoms with van der Waals surface area (Å²) < 4.78 is 10.8. The number of alkyl carbamates (subject to hydrolysis) is 1. The average Bonchev–Trinajstić information content (AvgIpc) is 2.90. The fourth-order valence-electron chi connectivity index (χ4n) is 4.21. The summed E-state index contributed by atoms with van der Waals surface area (Å²) in [6, 6.07) is 18.9. The second-order valence-electron chi connectivity index (χ2n) is 10.5. The Morgan fingerprint density at radius 1 is 1.00 bits per heavy atom. The highest BCUT2D eigenvalue weighted by molar-refractivity contribution is 6.36. The van der Waals surface area contributed by atoms with Gasteiger partial charge in [-0.15, -0.1) is 0 Å². The number of carbonyl (C=O) groups excluding carboxylic acids is 3. The number of esters is 1. The van der Waals surface area contributed by atoms with E-state index in [1.54, 1.807) is 57.2 Å². The Balaban J connectivity index is 1.44. The standard InChI is InChI=1S/C31H31Cl2N3O5/c1-31(2,3)41-30(39)34-17-19-9-11-23(12-10-19)35-27(37)14-21-13-26(29(38)40-18-20-7-5-4-6-8-20)36-25-16-22(32)15-24(33)28(21)25/h4-12,14-16,26,36H,13,17-18H2,1-3H3,(H,34,39)(H,35,37). The van der Waals surface area contributed by atoms with Crippen LogP contribution in [0.1, 0.15) is 43.9 Å². The smallest absolute Gasteiger partial charge is 0.407 e. The van der Waals surface area contributed by atoms with Crippen LogP contribution in [0.2, 0.25) is 10.0 Å². The predicted molar refractivity (Wildman–Crippen MR) is 161 cm³/mol. The largest absolute Gasteiger partial charge is 0.459 e. The molecule has 1 atom stereocenters. The summed E-state index contributed by atoms with van der Waals surface area (Å²) in [4.78, 5) is 37.9. The molecule has 2 amide bonds. The molecule has 0 aromatic heterocycles. The van der Waals surface area contributed by atoms with E-state index in [1.807, 2.05) is 30.3 Å². The van der Waals surface area contributed by atoms with Gasteiger partial charge in [0, 0.05) is 41.0 Å².